The molecule has 1 aliphatic heterocycles. The van der Waals surface area contributed by atoms with Crippen molar-refractivity contribution in [3.05, 3.63) is 53.7 Å². The molecular weight excluding hydrogens is 376 g/mol. The predicted molar refractivity (Wildman–Crippen MR) is 121 cm³/mol. The van der Waals surface area contributed by atoms with Crippen LogP contribution in [0, 0.1) is 0 Å². The van der Waals surface area contributed by atoms with Crippen LogP contribution in [0.4, 0.5) is 5.95 Å². The second kappa shape index (κ2) is 8.33. The van der Waals surface area contributed by atoms with Crippen molar-refractivity contribution in [3.8, 4) is 0 Å². The highest BCUT2D eigenvalue weighted by molar-refractivity contribution is 7.99. The summed E-state index contributed by atoms with van der Waals surface area (Å²) in [4.78, 5) is 16.2. The highest BCUT2D eigenvalue weighted by atomic mass is 32.2. The van der Waals surface area contributed by atoms with Crippen LogP contribution in [-0.2, 0) is 12.8 Å². The van der Waals surface area contributed by atoms with Crippen molar-refractivity contribution in [1.82, 2.24) is 14.9 Å². The third kappa shape index (κ3) is 4.12. The predicted octanol–water partition coefficient (Wildman–Crippen LogP) is 4.80. The first-order valence-corrected chi connectivity index (χ1v) is 11.6. The Morgan fingerprint density at radius 3 is 2.62 bits per heavy atom. The summed E-state index contributed by atoms with van der Waals surface area (Å²) in [5.74, 6) is 0.934. The normalized spacial score (nSPS) is 17.9. The van der Waals surface area contributed by atoms with Gasteiger partial charge in [-0.15, -0.1) is 0 Å². The Labute approximate surface area is 177 Å². The first-order chi connectivity index (χ1) is 14.3. The summed E-state index contributed by atoms with van der Waals surface area (Å²) in [7, 11) is 2.21. The van der Waals surface area contributed by atoms with Gasteiger partial charge in [0.15, 0.2) is 0 Å². The first-order valence-electron chi connectivity index (χ1n) is 10.8. The SMILES string of the molecule is CN1CCCN(c2nc3c(c(Sc4ccc5ccccc5c4)n2)CCCC3)CC1. The second-order valence-corrected chi connectivity index (χ2v) is 9.28. The maximum Gasteiger partial charge on any atom is 0.226 e. The van der Waals surface area contributed by atoms with E-state index < -0.39 is 0 Å². The molecule has 0 N–H and O–H groups in total. The fourth-order valence-corrected chi connectivity index (χ4v) is 5.38. The van der Waals surface area contributed by atoms with Crippen LogP contribution in [0.25, 0.3) is 10.8 Å². The molecule has 0 amide bonds. The standard InChI is InChI=1S/C24H28N4S/c1-27-13-6-14-28(16-15-27)24-25-22-10-5-4-9-21(22)23(26-24)29-20-12-11-18-7-2-3-8-19(18)17-20/h2-3,7-8,11-12,17H,4-6,9-10,13-16H2,1H3. The average molecular weight is 405 g/mol. The first kappa shape index (κ1) is 18.9. The Morgan fingerprint density at radius 2 is 1.69 bits per heavy atom. The number of rotatable bonds is 3. The van der Waals surface area contributed by atoms with Crippen LogP contribution in [0.2, 0.25) is 0 Å². The summed E-state index contributed by atoms with van der Waals surface area (Å²) < 4.78 is 0. The molecule has 1 aliphatic carbocycles. The van der Waals surface area contributed by atoms with E-state index in [1.54, 1.807) is 0 Å². The lowest BCUT2D eigenvalue weighted by Crippen LogP contribution is -2.31. The molecule has 1 fully saturated rings. The minimum Gasteiger partial charge on any atom is -0.339 e. The lowest BCUT2D eigenvalue weighted by molar-refractivity contribution is 0.360. The zero-order valence-electron chi connectivity index (χ0n) is 17.1. The van der Waals surface area contributed by atoms with E-state index in [1.165, 1.54) is 46.2 Å². The molecule has 2 aromatic carbocycles. The maximum atomic E-state index is 5.11. The molecule has 150 valence electrons. The van der Waals surface area contributed by atoms with Gasteiger partial charge in [0, 0.05) is 30.1 Å². The summed E-state index contributed by atoms with van der Waals surface area (Å²) in [5, 5.41) is 3.74. The third-order valence-electron chi connectivity index (χ3n) is 6.07. The van der Waals surface area contributed by atoms with Gasteiger partial charge in [-0.2, -0.15) is 0 Å². The van der Waals surface area contributed by atoms with E-state index in [4.69, 9.17) is 9.97 Å². The Hall–Kier alpha value is -2.11. The summed E-state index contributed by atoms with van der Waals surface area (Å²) >= 11 is 1.81. The van der Waals surface area contributed by atoms with Gasteiger partial charge in [-0.05, 0) is 68.6 Å². The molecule has 0 unspecified atom stereocenters. The Balaban J connectivity index is 1.50. The summed E-state index contributed by atoms with van der Waals surface area (Å²) in [6.45, 7) is 4.28. The molecule has 0 atom stereocenters. The lowest BCUT2D eigenvalue weighted by atomic mass is 9.97. The van der Waals surface area contributed by atoms with Crippen LogP contribution in [0.15, 0.2) is 52.4 Å². The lowest BCUT2D eigenvalue weighted by Gasteiger charge is -2.25. The fourth-order valence-electron chi connectivity index (χ4n) is 4.36. The van der Waals surface area contributed by atoms with E-state index in [2.05, 4.69) is 59.3 Å². The molecule has 0 bridgehead atoms. The number of nitrogens with zero attached hydrogens (tertiary/aromatic N) is 4. The van der Waals surface area contributed by atoms with Crippen LogP contribution in [0.1, 0.15) is 30.5 Å². The minimum atomic E-state index is 0.934. The number of aromatic nitrogens is 2. The van der Waals surface area contributed by atoms with Gasteiger partial charge in [0.05, 0.1) is 5.69 Å². The number of hydrogen-bond acceptors (Lipinski definition) is 5. The number of likely N-dealkylation sites (N-methyl/N-ethyl adjacent to an activating group) is 1. The Kier molecular flexibility index (Phi) is 5.42. The van der Waals surface area contributed by atoms with Crippen LogP contribution in [-0.4, -0.2) is 48.1 Å². The molecule has 3 aromatic rings. The molecule has 4 nitrogen and oxygen atoms in total. The maximum absolute atomic E-state index is 5.11. The highest BCUT2D eigenvalue weighted by Crippen LogP contribution is 2.36. The van der Waals surface area contributed by atoms with Crippen molar-refractivity contribution in [2.24, 2.45) is 0 Å². The monoisotopic (exact) mass is 404 g/mol. The number of hydrogen-bond donors (Lipinski definition) is 0. The topological polar surface area (TPSA) is 32.3 Å². The van der Waals surface area contributed by atoms with Crippen LogP contribution >= 0.6 is 11.8 Å². The average Bonchev–Trinajstić information content (AvgIpc) is 2.98. The van der Waals surface area contributed by atoms with Gasteiger partial charge in [-0.25, -0.2) is 9.97 Å². The van der Waals surface area contributed by atoms with Gasteiger partial charge in [0.1, 0.15) is 5.03 Å². The van der Waals surface area contributed by atoms with Crippen molar-refractivity contribution < 1.29 is 0 Å². The number of anilines is 1. The molecule has 1 aromatic heterocycles. The van der Waals surface area contributed by atoms with Crippen molar-refractivity contribution in [2.75, 3.05) is 38.1 Å². The van der Waals surface area contributed by atoms with Crippen molar-refractivity contribution >= 4 is 28.5 Å². The summed E-state index contributed by atoms with van der Waals surface area (Å²) in [6, 6.07) is 15.3. The molecule has 2 aliphatic rings. The van der Waals surface area contributed by atoms with Gasteiger partial charge in [-0.1, -0.05) is 42.1 Å². The Morgan fingerprint density at radius 1 is 0.828 bits per heavy atom. The van der Waals surface area contributed by atoms with Gasteiger partial charge in [0.2, 0.25) is 5.95 Å². The molecule has 29 heavy (non-hydrogen) atoms. The quantitative estimate of drug-likeness (QED) is 0.586. The van der Waals surface area contributed by atoms with Crippen LogP contribution in [0.3, 0.4) is 0 Å². The zero-order valence-corrected chi connectivity index (χ0v) is 17.9. The molecule has 1 saturated heterocycles. The van der Waals surface area contributed by atoms with E-state index in [0.717, 1.165) is 50.0 Å². The molecule has 0 spiro atoms. The van der Waals surface area contributed by atoms with Crippen LogP contribution in [0.5, 0.6) is 0 Å². The minimum absolute atomic E-state index is 0.934. The number of benzene rings is 2. The number of aryl methyl sites for hydroxylation is 1. The van der Waals surface area contributed by atoms with Crippen molar-refractivity contribution in [3.63, 3.8) is 0 Å². The van der Waals surface area contributed by atoms with Crippen molar-refractivity contribution in [2.45, 2.75) is 42.0 Å². The molecule has 0 radical (unpaired) electrons. The molecule has 2 heterocycles. The van der Waals surface area contributed by atoms with Crippen LogP contribution < -0.4 is 4.90 Å². The van der Waals surface area contributed by atoms with E-state index in [9.17, 15) is 0 Å². The molecule has 5 rings (SSSR count). The summed E-state index contributed by atoms with van der Waals surface area (Å²) in [6.07, 6.45) is 5.85. The van der Waals surface area contributed by atoms with E-state index >= 15 is 0 Å². The van der Waals surface area contributed by atoms with Gasteiger partial charge in [0.25, 0.3) is 0 Å². The molecule has 5 heteroatoms. The van der Waals surface area contributed by atoms with Gasteiger partial charge >= 0.3 is 0 Å². The largest absolute Gasteiger partial charge is 0.339 e. The van der Waals surface area contributed by atoms with E-state index in [0.29, 0.717) is 0 Å². The summed E-state index contributed by atoms with van der Waals surface area (Å²) in [5.41, 5.74) is 2.66. The smallest absolute Gasteiger partial charge is 0.226 e. The van der Waals surface area contributed by atoms with E-state index in [-0.39, 0.29) is 0 Å². The van der Waals surface area contributed by atoms with E-state index in [1.807, 2.05) is 11.8 Å². The van der Waals surface area contributed by atoms with Gasteiger partial charge < -0.3 is 9.80 Å². The third-order valence-corrected chi connectivity index (χ3v) is 7.09. The van der Waals surface area contributed by atoms with Gasteiger partial charge in [-0.3, -0.25) is 0 Å². The fraction of sp³-hybridized carbons (Fsp3) is 0.417. The number of fused-ring (bicyclic) bond motifs is 2. The Bertz CT molecular complexity index is 1020. The second-order valence-electron chi connectivity index (χ2n) is 8.22. The highest BCUT2D eigenvalue weighted by Gasteiger charge is 2.22. The zero-order chi connectivity index (χ0) is 19.6. The van der Waals surface area contributed by atoms with Crippen molar-refractivity contribution in [1.29, 1.82) is 0 Å². The molecular formula is C24H28N4S. The molecule has 0 saturated carbocycles.